The first kappa shape index (κ1) is 21.9. The molecular formula is C24H32N2O4. The molecule has 0 N–H and O–H groups in total. The summed E-state index contributed by atoms with van der Waals surface area (Å²) >= 11 is 0. The SMILES string of the molecule is CN(CC1CCCN(C(=O)COc2ccc3ccccc3c2)C1)C(=O)OC(C)(C)C. The van der Waals surface area contributed by atoms with Crippen LogP contribution in [0.25, 0.3) is 10.8 Å². The van der Waals surface area contributed by atoms with E-state index in [1.807, 2.05) is 68.1 Å². The number of nitrogens with zero attached hydrogens (tertiary/aromatic N) is 2. The van der Waals surface area contributed by atoms with Crippen LogP contribution in [0.3, 0.4) is 0 Å². The number of likely N-dealkylation sites (tertiary alicyclic amines) is 1. The Balaban J connectivity index is 1.50. The fourth-order valence-corrected chi connectivity index (χ4v) is 3.74. The summed E-state index contributed by atoms with van der Waals surface area (Å²) in [7, 11) is 1.75. The lowest BCUT2D eigenvalue weighted by Crippen LogP contribution is -2.46. The van der Waals surface area contributed by atoms with E-state index in [-0.39, 0.29) is 24.5 Å². The van der Waals surface area contributed by atoms with Gasteiger partial charge in [-0.25, -0.2) is 4.79 Å². The smallest absolute Gasteiger partial charge is 0.410 e. The highest BCUT2D eigenvalue weighted by atomic mass is 16.6. The van der Waals surface area contributed by atoms with Crippen LogP contribution in [-0.2, 0) is 9.53 Å². The number of benzene rings is 2. The highest BCUT2D eigenvalue weighted by Gasteiger charge is 2.27. The van der Waals surface area contributed by atoms with Gasteiger partial charge in [-0.3, -0.25) is 4.79 Å². The fraction of sp³-hybridized carbons (Fsp3) is 0.500. The third-order valence-electron chi connectivity index (χ3n) is 5.19. The summed E-state index contributed by atoms with van der Waals surface area (Å²) in [5.41, 5.74) is -0.514. The molecule has 0 aliphatic carbocycles. The van der Waals surface area contributed by atoms with Gasteiger partial charge in [-0.05, 0) is 62.4 Å². The lowest BCUT2D eigenvalue weighted by molar-refractivity contribution is -0.135. The molecule has 0 radical (unpaired) electrons. The molecule has 1 aliphatic heterocycles. The van der Waals surface area contributed by atoms with Gasteiger partial charge in [-0.15, -0.1) is 0 Å². The molecule has 0 aromatic heterocycles. The Labute approximate surface area is 178 Å². The largest absolute Gasteiger partial charge is 0.484 e. The van der Waals surface area contributed by atoms with Gasteiger partial charge in [0.1, 0.15) is 11.4 Å². The number of ether oxygens (including phenoxy) is 2. The summed E-state index contributed by atoms with van der Waals surface area (Å²) in [6.07, 6.45) is 1.59. The maximum Gasteiger partial charge on any atom is 0.410 e. The van der Waals surface area contributed by atoms with Gasteiger partial charge in [0.25, 0.3) is 5.91 Å². The molecule has 162 valence electrons. The molecule has 2 amide bonds. The number of piperidine rings is 1. The summed E-state index contributed by atoms with van der Waals surface area (Å²) in [5, 5.41) is 2.23. The van der Waals surface area contributed by atoms with Crippen LogP contribution in [0.5, 0.6) is 5.75 Å². The van der Waals surface area contributed by atoms with Crippen LogP contribution in [0.4, 0.5) is 4.79 Å². The van der Waals surface area contributed by atoms with Gasteiger partial charge < -0.3 is 19.3 Å². The molecule has 1 saturated heterocycles. The molecule has 3 rings (SSSR count). The number of carbonyl (C=O) groups excluding carboxylic acids is 2. The quantitative estimate of drug-likeness (QED) is 0.734. The summed E-state index contributed by atoms with van der Waals surface area (Å²) in [4.78, 5) is 28.3. The van der Waals surface area contributed by atoms with Crippen molar-refractivity contribution in [3.05, 3.63) is 42.5 Å². The van der Waals surface area contributed by atoms with E-state index in [2.05, 4.69) is 0 Å². The van der Waals surface area contributed by atoms with Gasteiger partial charge in [-0.2, -0.15) is 0 Å². The van der Waals surface area contributed by atoms with Gasteiger partial charge >= 0.3 is 6.09 Å². The molecule has 6 nitrogen and oxygen atoms in total. The first-order chi connectivity index (χ1) is 14.2. The van der Waals surface area contributed by atoms with Gasteiger partial charge in [-0.1, -0.05) is 30.3 Å². The van der Waals surface area contributed by atoms with Crippen molar-refractivity contribution in [3.63, 3.8) is 0 Å². The molecule has 0 saturated carbocycles. The summed E-state index contributed by atoms with van der Waals surface area (Å²) in [6.45, 7) is 7.52. The highest BCUT2D eigenvalue weighted by Crippen LogP contribution is 2.22. The molecule has 2 aromatic rings. The molecule has 6 heteroatoms. The van der Waals surface area contributed by atoms with Gasteiger partial charge in [0.05, 0.1) is 0 Å². The van der Waals surface area contributed by atoms with Crippen molar-refractivity contribution in [1.29, 1.82) is 0 Å². The van der Waals surface area contributed by atoms with Crippen molar-refractivity contribution in [2.24, 2.45) is 5.92 Å². The number of hydrogen-bond donors (Lipinski definition) is 0. The second kappa shape index (κ2) is 9.37. The highest BCUT2D eigenvalue weighted by molar-refractivity contribution is 5.84. The molecule has 1 aliphatic rings. The Hall–Kier alpha value is -2.76. The summed E-state index contributed by atoms with van der Waals surface area (Å²) < 4.78 is 11.2. The third-order valence-corrected chi connectivity index (χ3v) is 5.19. The average molecular weight is 413 g/mol. The standard InChI is InChI=1S/C24H32N2O4/c1-24(2,3)30-23(28)25(4)15-18-8-7-13-26(16-18)22(27)17-29-21-12-11-19-9-5-6-10-20(19)14-21/h5-6,9-12,14,18H,7-8,13,15-17H2,1-4H3. The lowest BCUT2D eigenvalue weighted by Gasteiger charge is -2.35. The maximum absolute atomic E-state index is 12.7. The van der Waals surface area contributed by atoms with E-state index in [4.69, 9.17) is 9.47 Å². The zero-order valence-electron chi connectivity index (χ0n) is 18.4. The Morgan fingerprint density at radius 2 is 1.87 bits per heavy atom. The fourth-order valence-electron chi connectivity index (χ4n) is 3.74. The van der Waals surface area contributed by atoms with Crippen LogP contribution >= 0.6 is 0 Å². The van der Waals surface area contributed by atoms with Crippen LogP contribution in [0.2, 0.25) is 0 Å². The summed E-state index contributed by atoms with van der Waals surface area (Å²) in [6, 6.07) is 13.9. The first-order valence-electron chi connectivity index (χ1n) is 10.5. The monoisotopic (exact) mass is 412 g/mol. The minimum atomic E-state index is -0.514. The van der Waals surface area contributed by atoms with Crippen molar-refractivity contribution in [3.8, 4) is 5.75 Å². The Morgan fingerprint density at radius 1 is 1.13 bits per heavy atom. The second-order valence-corrected chi connectivity index (χ2v) is 9.01. The van der Waals surface area contributed by atoms with Crippen LogP contribution < -0.4 is 4.74 Å². The van der Waals surface area contributed by atoms with E-state index in [1.54, 1.807) is 11.9 Å². The Kier molecular flexibility index (Phi) is 6.85. The van der Waals surface area contributed by atoms with E-state index in [9.17, 15) is 9.59 Å². The van der Waals surface area contributed by atoms with Crippen LogP contribution in [0, 0.1) is 5.92 Å². The first-order valence-corrected chi connectivity index (χ1v) is 10.5. The number of fused-ring (bicyclic) bond motifs is 1. The van der Waals surface area contributed by atoms with E-state index in [0.29, 0.717) is 18.8 Å². The number of carbonyl (C=O) groups is 2. The normalized spacial score (nSPS) is 16.9. The number of amides is 2. The number of hydrogen-bond acceptors (Lipinski definition) is 4. The molecule has 2 aromatic carbocycles. The molecule has 30 heavy (non-hydrogen) atoms. The molecule has 1 fully saturated rings. The van der Waals surface area contributed by atoms with E-state index < -0.39 is 5.60 Å². The topological polar surface area (TPSA) is 59.1 Å². The van der Waals surface area contributed by atoms with Crippen LogP contribution in [0.15, 0.2) is 42.5 Å². The molecule has 1 atom stereocenters. The Bertz CT molecular complexity index is 890. The van der Waals surface area contributed by atoms with Crippen LogP contribution in [0.1, 0.15) is 33.6 Å². The minimum absolute atomic E-state index is 0.0206. The van der Waals surface area contributed by atoms with E-state index in [1.165, 1.54) is 0 Å². The maximum atomic E-state index is 12.7. The second-order valence-electron chi connectivity index (χ2n) is 9.01. The molecule has 1 unspecified atom stereocenters. The van der Waals surface area contributed by atoms with E-state index >= 15 is 0 Å². The summed E-state index contributed by atoms with van der Waals surface area (Å²) in [5.74, 6) is 0.911. The van der Waals surface area contributed by atoms with Crippen LogP contribution in [-0.4, -0.2) is 60.7 Å². The predicted octanol–water partition coefficient (Wildman–Crippen LogP) is 4.32. The molecule has 0 bridgehead atoms. The van der Waals surface area contributed by atoms with Crippen molar-refractivity contribution in [2.45, 2.75) is 39.2 Å². The Morgan fingerprint density at radius 3 is 2.60 bits per heavy atom. The molecular weight excluding hydrogens is 380 g/mol. The zero-order chi connectivity index (χ0) is 21.7. The van der Waals surface area contributed by atoms with Crippen molar-refractivity contribution >= 4 is 22.8 Å². The lowest BCUT2D eigenvalue weighted by atomic mass is 9.97. The van der Waals surface area contributed by atoms with Crippen molar-refractivity contribution < 1.29 is 19.1 Å². The minimum Gasteiger partial charge on any atom is -0.484 e. The van der Waals surface area contributed by atoms with E-state index in [0.717, 1.165) is 30.2 Å². The number of rotatable bonds is 5. The average Bonchev–Trinajstić information content (AvgIpc) is 2.70. The predicted molar refractivity (Wildman–Crippen MR) is 118 cm³/mol. The van der Waals surface area contributed by atoms with Crippen molar-refractivity contribution in [2.75, 3.05) is 33.3 Å². The zero-order valence-corrected chi connectivity index (χ0v) is 18.4. The van der Waals surface area contributed by atoms with Gasteiger partial charge in [0.2, 0.25) is 0 Å². The molecule has 1 heterocycles. The van der Waals surface area contributed by atoms with Gasteiger partial charge in [0, 0.05) is 26.7 Å². The molecule has 0 spiro atoms. The van der Waals surface area contributed by atoms with Gasteiger partial charge in [0.15, 0.2) is 6.61 Å². The van der Waals surface area contributed by atoms with Crippen molar-refractivity contribution in [1.82, 2.24) is 9.80 Å². The third kappa shape index (κ3) is 6.12.